The van der Waals surface area contributed by atoms with Crippen LogP contribution in [0.4, 0.5) is 24.5 Å². The molecule has 0 aliphatic rings. The average molecular weight is 473 g/mol. The Balaban J connectivity index is 2.22. The SMILES string of the molecule is CCCCN(CC(F)(F)F)C(=O)c1ccc(NS(=O)(=O)c2ccc(C)c([N+](=O)[O-])c2)cc1. The number of benzene rings is 2. The molecule has 0 aliphatic heterocycles. The fraction of sp³-hybridized carbons (Fsp3) is 0.350. The summed E-state index contributed by atoms with van der Waals surface area (Å²) in [5.74, 6) is -0.820. The monoisotopic (exact) mass is 473 g/mol. The van der Waals surface area contributed by atoms with Crippen LogP contribution in [0.25, 0.3) is 0 Å². The van der Waals surface area contributed by atoms with Crippen molar-refractivity contribution in [3.63, 3.8) is 0 Å². The van der Waals surface area contributed by atoms with E-state index in [-0.39, 0.29) is 28.4 Å². The summed E-state index contributed by atoms with van der Waals surface area (Å²) < 4.78 is 65.8. The number of carbonyl (C=O) groups is 1. The predicted octanol–water partition coefficient (Wildman–Crippen LogP) is 4.51. The lowest BCUT2D eigenvalue weighted by molar-refractivity contribution is -0.385. The molecule has 0 saturated heterocycles. The highest BCUT2D eigenvalue weighted by molar-refractivity contribution is 7.92. The molecule has 8 nitrogen and oxygen atoms in total. The van der Waals surface area contributed by atoms with E-state index in [4.69, 9.17) is 0 Å². The molecule has 0 unspecified atom stereocenters. The van der Waals surface area contributed by atoms with Gasteiger partial charge in [-0.15, -0.1) is 0 Å². The Labute approximate surface area is 183 Å². The number of nitrogens with one attached hydrogen (secondary N) is 1. The van der Waals surface area contributed by atoms with Crippen LogP contribution < -0.4 is 4.72 Å². The number of anilines is 1. The molecule has 0 spiro atoms. The number of nitro groups is 1. The summed E-state index contributed by atoms with van der Waals surface area (Å²) >= 11 is 0. The van der Waals surface area contributed by atoms with Crippen molar-refractivity contribution in [1.82, 2.24) is 4.90 Å². The largest absolute Gasteiger partial charge is 0.406 e. The number of hydrogen-bond acceptors (Lipinski definition) is 5. The van der Waals surface area contributed by atoms with E-state index in [1.165, 1.54) is 43.3 Å². The van der Waals surface area contributed by atoms with Crippen LogP contribution in [-0.2, 0) is 10.0 Å². The second kappa shape index (κ2) is 9.98. The Morgan fingerprint density at radius 2 is 1.78 bits per heavy atom. The van der Waals surface area contributed by atoms with Crippen LogP contribution in [0.3, 0.4) is 0 Å². The fourth-order valence-electron chi connectivity index (χ4n) is 2.85. The van der Waals surface area contributed by atoms with Gasteiger partial charge in [0.25, 0.3) is 21.6 Å². The number of hydrogen-bond donors (Lipinski definition) is 1. The maximum atomic E-state index is 12.8. The number of amides is 1. The highest BCUT2D eigenvalue weighted by Gasteiger charge is 2.33. The Kier molecular flexibility index (Phi) is 7.83. The van der Waals surface area contributed by atoms with Gasteiger partial charge >= 0.3 is 6.18 Å². The first kappa shape index (κ1) is 25.1. The van der Waals surface area contributed by atoms with Gasteiger partial charge < -0.3 is 4.90 Å². The third-order valence-electron chi connectivity index (χ3n) is 4.51. The van der Waals surface area contributed by atoms with Gasteiger partial charge in [-0.3, -0.25) is 19.6 Å². The van der Waals surface area contributed by atoms with Crippen molar-refractivity contribution >= 4 is 27.3 Å². The molecule has 0 aromatic heterocycles. The first-order chi connectivity index (χ1) is 14.8. The minimum atomic E-state index is -4.55. The Bertz CT molecular complexity index is 1090. The predicted molar refractivity (Wildman–Crippen MR) is 112 cm³/mol. The lowest BCUT2D eigenvalue weighted by atomic mass is 10.1. The summed E-state index contributed by atoms with van der Waals surface area (Å²) in [6.45, 7) is 1.82. The Morgan fingerprint density at radius 3 is 2.31 bits per heavy atom. The summed E-state index contributed by atoms with van der Waals surface area (Å²) in [6, 6.07) is 8.35. The van der Waals surface area contributed by atoms with Crippen molar-refractivity contribution in [3.05, 3.63) is 63.7 Å². The van der Waals surface area contributed by atoms with E-state index in [0.29, 0.717) is 23.3 Å². The second-order valence-corrected chi connectivity index (χ2v) is 8.77. The molecular formula is C20H22F3N3O5S. The molecule has 1 N–H and O–H groups in total. The van der Waals surface area contributed by atoms with Gasteiger partial charge in [0.05, 0.1) is 9.82 Å². The summed E-state index contributed by atoms with van der Waals surface area (Å²) in [5, 5.41) is 11.1. The van der Waals surface area contributed by atoms with Gasteiger partial charge in [-0.25, -0.2) is 8.42 Å². The Morgan fingerprint density at radius 1 is 1.16 bits per heavy atom. The minimum absolute atomic E-state index is 0.0284. The van der Waals surface area contributed by atoms with E-state index < -0.39 is 33.6 Å². The first-order valence-corrected chi connectivity index (χ1v) is 11.1. The summed E-state index contributed by atoms with van der Waals surface area (Å²) in [5.41, 5.74) is -0.0473. The smallest absolute Gasteiger partial charge is 0.330 e. The molecule has 174 valence electrons. The lowest BCUT2D eigenvalue weighted by Crippen LogP contribution is -2.39. The number of alkyl halides is 3. The molecule has 2 aromatic rings. The van der Waals surface area contributed by atoms with Gasteiger partial charge in [0, 0.05) is 29.4 Å². The highest BCUT2D eigenvalue weighted by Crippen LogP contribution is 2.24. The molecule has 0 fully saturated rings. The molecule has 0 heterocycles. The van der Waals surface area contributed by atoms with Gasteiger partial charge in [-0.1, -0.05) is 19.4 Å². The maximum absolute atomic E-state index is 12.8. The highest BCUT2D eigenvalue weighted by atomic mass is 32.2. The van der Waals surface area contributed by atoms with Crippen LogP contribution >= 0.6 is 0 Å². The lowest BCUT2D eigenvalue weighted by Gasteiger charge is -2.24. The van der Waals surface area contributed by atoms with Gasteiger partial charge in [0.2, 0.25) is 0 Å². The molecule has 1 amide bonds. The third-order valence-corrected chi connectivity index (χ3v) is 5.89. The zero-order valence-corrected chi connectivity index (χ0v) is 18.2. The molecule has 2 aromatic carbocycles. The number of aryl methyl sites for hydroxylation is 1. The van der Waals surface area contributed by atoms with E-state index >= 15 is 0 Å². The zero-order valence-electron chi connectivity index (χ0n) is 17.3. The molecule has 12 heteroatoms. The topological polar surface area (TPSA) is 110 Å². The van der Waals surface area contributed by atoms with Crippen molar-refractivity contribution in [2.24, 2.45) is 0 Å². The number of halogens is 3. The van der Waals surface area contributed by atoms with E-state index in [0.717, 1.165) is 6.07 Å². The van der Waals surface area contributed by atoms with Crippen molar-refractivity contribution in [1.29, 1.82) is 0 Å². The molecule has 2 rings (SSSR count). The van der Waals surface area contributed by atoms with Crippen LogP contribution in [0.1, 0.15) is 35.7 Å². The van der Waals surface area contributed by atoms with Crippen LogP contribution in [0, 0.1) is 17.0 Å². The zero-order chi connectivity index (χ0) is 24.1. The number of unbranched alkanes of at least 4 members (excludes halogenated alkanes) is 1. The van der Waals surface area contributed by atoms with E-state index in [9.17, 15) is 36.5 Å². The number of carbonyl (C=O) groups excluding carboxylic acids is 1. The maximum Gasteiger partial charge on any atom is 0.406 e. The van der Waals surface area contributed by atoms with Crippen molar-refractivity contribution in [2.75, 3.05) is 17.8 Å². The quantitative estimate of drug-likeness (QED) is 0.426. The molecule has 0 aliphatic carbocycles. The molecule has 0 radical (unpaired) electrons. The normalized spacial score (nSPS) is 11.8. The first-order valence-electron chi connectivity index (χ1n) is 9.58. The molecule has 0 saturated carbocycles. The fourth-order valence-corrected chi connectivity index (χ4v) is 3.93. The molecular weight excluding hydrogens is 451 g/mol. The Hall–Kier alpha value is -3.15. The number of nitro benzene ring substituents is 1. The number of rotatable bonds is 9. The van der Waals surface area contributed by atoms with Crippen LogP contribution in [0.5, 0.6) is 0 Å². The van der Waals surface area contributed by atoms with E-state index in [1.54, 1.807) is 6.92 Å². The molecule has 32 heavy (non-hydrogen) atoms. The number of nitrogens with zero attached hydrogens (tertiary/aromatic N) is 2. The number of sulfonamides is 1. The summed E-state index contributed by atoms with van der Waals surface area (Å²) in [7, 11) is -4.17. The second-order valence-electron chi connectivity index (χ2n) is 7.08. The molecule has 0 bridgehead atoms. The van der Waals surface area contributed by atoms with Crippen molar-refractivity contribution < 1.29 is 31.3 Å². The van der Waals surface area contributed by atoms with Gasteiger partial charge in [-0.05, 0) is 43.7 Å². The standard InChI is InChI=1S/C20H22F3N3O5S/c1-3-4-11-25(13-20(21,22)23)19(27)15-6-8-16(9-7-15)24-32(30,31)17-10-5-14(2)18(12-17)26(28)29/h5-10,12,24H,3-4,11,13H2,1-2H3. The van der Waals surface area contributed by atoms with Gasteiger partial charge in [0.1, 0.15) is 6.54 Å². The summed E-state index contributed by atoms with van der Waals surface area (Å²) in [4.78, 5) is 23.2. The molecule has 0 atom stereocenters. The van der Waals surface area contributed by atoms with E-state index in [1.807, 2.05) is 0 Å². The van der Waals surface area contributed by atoms with Crippen molar-refractivity contribution in [2.45, 2.75) is 37.8 Å². The van der Waals surface area contributed by atoms with Crippen molar-refractivity contribution in [3.8, 4) is 0 Å². The summed E-state index contributed by atoms with van der Waals surface area (Å²) in [6.07, 6.45) is -3.53. The van der Waals surface area contributed by atoms with Gasteiger partial charge in [0.15, 0.2) is 0 Å². The van der Waals surface area contributed by atoms with E-state index in [2.05, 4.69) is 4.72 Å². The average Bonchev–Trinajstić information content (AvgIpc) is 2.70. The minimum Gasteiger partial charge on any atom is -0.330 e. The van der Waals surface area contributed by atoms with Crippen LogP contribution in [0.15, 0.2) is 47.4 Å². The van der Waals surface area contributed by atoms with Gasteiger partial charge in [-0.2, -0.15) is 13.2 Å². The third kappa shape index (κ3) is 6.67. The van der Waals surface area contributed by atoms with Crippen LogP contribution in [0.2, 0.25) is 0 Å². The van der Waals surface area contributed by atoms with Crippen LogP contribution in [-0.4, -0.2) is 43.4 Å².